The molecule has 1 N–H and O–H groups in total. The van der Waals surface area contributed by atoms with E-state index in [1.807, 2.05) is 0 Å². The fraction of sp³-hybridized carbons (Fsp3) is 0.154. The zero-order valence-corrected chi connectivity index (χ0v) is 10.2. The molecule has 100 valence electrons. The van der Waals surface area contributed by atoms with Crippen LogP contribution in [0.1, 0.15) is 11.4 Å². The maximum atomic E-state index is 13.8. The molecule has 4 rings (SSSR count). The number of aryl methyl sites for hydroxylation is 2. The Morgan fingerprint density at radius 3 is 2.80 bits per heavy atom. The van der Waals surface area contributed by atoms with Gasteiger partial charge in [0.25, 0.3) is 0 Å². The van der Waals surface area contributed by atoms with E-state index in [2.05, 4.69) is 15.3 Å². The highest BCUT2D eigenvalue weighted by molar-refractivity contribution is 5.68. The number of aromatic nitrogens is 4. The quantitative estimate of drug-likeness (QED) is 0.686. The standard InChI is InChI=1S/C13H9FN4O2/c14-8-4-2-1-3-7(8)13-15-10-6-5-9-11(17-20-16-9)12(10)18(13)19/h1-4,19H,5-6H2. The second kappa shape index (κ2) is 3.89. The Morgan fingerprint density at radius 2 is 1.95 bits per heavy atom. The highest BCUT2D eigenvalue weighted by Gasteiger charge is 2.29. The summed E-state index contributed by atoms with van der Waals surface area (Å²) in [5, 5.41) is 17.9. The first-order valence-electron chi connectivity index (χ1n) is 6.13. The van der Waals surface area contributed by atoms with Crippen molar-refractivity contribution in [3.05, 3.63) is 41.5 Å². The number of rotatable bonds is 1. The normalized spacial score (nSPS) is 13.1. The number of halogens is 1. The Hall–Kier alpha value is -2.70. The minimum Gasteiger partial charge on any atom is -0.426 e. The Morgan fingerprint density at radius 1 is 1.15 bits per heavy atom. The average Bonchev–Trinajstić information content (AvgIpc) is 3.04. The molecule has 0 radical (unpaired) electrons. The van der Waals surface area contributed by atoms with Gasteiger partial charge in [0.05, 0.1) is 11.3 Å². The van der Waals surface area contributed by atoms with E-state index in [1.165, 1.54) is 6.07 Å². The molecule has 0 saturated carbocycles. The van der Waals surface area contributed by atoms with Gasteiger partial charge in [-0.3, -0.25) is 0 Å². The lowest BCUT2D eigenvalue weighted by atomic mass is 10.0. The first kappa shape index (κ1) is 11.2. The van der Waals surface area contributed by atoms with E-state index in [4.69, 9.17) is 4.63 Å². The van der Waals surface area contributed by atoms with E-state index in [-0.39, 0.29) is 11.4 Å². The molecule has 2 aromatic heterocycles. The number of imidazole rings is 1. The number of nitrogens with zero attached hydrogens (tertiary/aromatic N) is 4. The van der Waals surface area contributed by atoms with Crippen LogP contribution in [0.2, 0.25) is 0 Å². The lowest BCUT2D eigenvalue weighted by Crippen LogP contribution is -2.06. The predicted octanol–water partition coefficient (Wildman–Crippen LogP) is 2.08. The third-order valence-electron chi connectivity index (χ3n) is 3.42. The molecule has 7 heteroatoms. The van der Waals surface area contributed by atoms with E-state index in [9.17, 15) is 9.60 Å². The second-order valence-electron chi connectivity index (χ2n) is 4.58. The topological polar surface area (TPSA) is 77.0 Å². The van der Waals surface area contributed by atoms with E-state index >= 15 is 0 Å². The highest BCUT2D eigenvalue weighted by Crippen LogP contribution is 2.34. The van der Waals surface area contributed by atoms with Crippen molar-refractivity contribution >= 4 is 0 Å². The van der Waals surface area contributed by atoms with E-state index < -0.39 is 5.82 Å². The fourth-order valence-electron chi connectivity index (χ4n) is 2.47. The van der Waals surface area contributed by atoms with Crippen LogP contribution in [-0.2, 0) is 12.8 Å². The minimum atomic E-state index is -0.441. The van der Waals surface area contributed by atoms with Crippen LogP contribution in [0.15, 0.2) is 28.9 Å². The first-order chi connectivity index (χ1) is 9.75. The van der Waals surface area contributed by atoms with Crippen molar-refractivity contribution in [3.63, 3.8) is 0 Å². The van der Waals surface area contributed by atoms with Gasteiger partial charge in [-0.2, -0.15) is 4.73 Å². The number of benzene rings is 1. The summed E-state index contributed by atoms with van der Waals surface area (Å²) in [4.78, 5) is 4.32. The van der Waals surface area contributed by atoms with Crippen molar-refractivity contribution in [1.82, 2.24) is 20.0 Å². The van der Waals surface area contributed by atoms with Crippen LogP contribution < -0.4 is 0 Å². The highest BCUT2D eigenvalue weighted by atomic mass is 19.1. The van der Waals surface area contributed by atoms with E-state index in [0.717, 1.165) is 4.73 Å². The number of hydrogen-bond donors (Lipinski definition) is 1. The molecule has 0 aliphatic heterocycles. The third kappa shape index (κ3) is 1.40. The molecular weight excluding hydrogens is 263 g/mol. The van der Waals surface area contributed by atoms with Gasteiger partial charge in [-0.25, -0.2) is 14.0 Å². The van der Waals surface area contributed by atoms with Crippen molar-refractivity contribution < 1.29 is 14.2 Å². The Labute approximate surface area is 112 Å². The Balaban J connectivity index is 1.97. The lowest BCUT2D eigenvalue weighted by molar-refractivity contribution is 0.194. The molecule has 0 unspecified atom stereocenters. The Kier molecular flexibility index (Phi) is 2.17. The maximum absolute atomic E-state index is 13.8. The van der Waals surface area contributed by atoms with Gasteiger partial charge in [-0.1, -0.05) is 17.3 Å². The van der Waals surface area contributed by atoms with Crippen molar-refractivity contribution in [2.24, 2.45) is 0 Å². The summed E-state index contributed by atoms with van der Waals surface area (Å²) in [6.45, 7) is 0. The van der Waals surface area contributed by atoms with Crippen LogP contribution in [0.4, 0.5) is 4.39 Å². The zero-order chi connectivity index (χ0) is 13.7. The molecule has 1 aliphatic rings. The zero-order valence-electron chi connectivity index (χ0n) is 10.2. The van der Waals surface area contributed by atoms with Gasteiger partial charge in [0.2, 0.25) is 0 Å². The third-order valence-corrected chi connectivity index (χ3v) is 3.42. The molecule has 6 nitrogen and oxygen atoms in total. The average molecular weight is 272 g/mol. The maximum Gasteiger partial charge on any atom is 0.179 e. The SMILES string of the molecule is On1c(-c2ccccc2F)nc2c1-c1nonc1CC2. The largest absolute Gasteiger partial charge is 0.426 e. The summed E-state index contributed by atoms with van der Waals surface area (Å²) >= 11 is 0. The summed E-state index contributed by atoms with van der Waals surface area (Å²) in [5.74, 6) is -0.285. The smallest absolute Gasteiger partial charge is 0.179 e. The lowest BCUT2D eigenvalue weighted by Gasteiger charge is -2.07. The summed E-state index contributed by atoms with van der Waals surface area (Å²) < 4.78 is 19.4. The molecule has 3 aromatic rings. The van der Waals surface area contributed by atoms with Crippen molar-refractivity contribution in [2.45, 2.75) is 12.8 Å². The molecule has 0 amide bonds. The Bertz CT molecular complexity index is 809. The van der Waals surface area contributed by atoms with Gasteiger partial charge in [-0.15, -0.1) is 0 Å². The van der Waals surface area contributed by atoms with Gasteiger partial charge in [0.15, 0.2) is 11.5 Å². The second-order valence-corrected chi connectivity index (χ2v) is 4.58. The number of hydrogen-bond acceptors (Lipinski definition) is 5. The van der Waals surface area contributed by atoms with Gasteiger partial charge < -0.3 is 5.21 Å². The van der Waals surface area contributed by atoms with Gasteiger partial charge in [0.1, 0.15) is 17.2 Å². The molecule has 20 heavy (non-hydrogen) atoms. The molecule has 0 saturated heterocycles. The summed E-state index contributed by atoms with van der Waals surface area (Å²) in [5.41, 5.74) is 2.46. The summed E-state index contributed by atoms with van der Waals surface area (Å²) in [7, 11) is 0. The molecule has 0 spiro atoms. The molecule has 0 atom stereocenters. The summed E-state index contributed by atoms with van der Waals surface area (Å²) in [6.07, 6.45) is 1.24. The van der Waals surface area contributed by atoms with Gasteiger partial charge >= 0.3 is 0 Å². The van der Waals surface area contributed by atoms with Crippen LogP contribution in [0.25, 0.3) is 22.8 Å². The van der Waals surface area contributed by atoms with E-state index in [0.29, 0.717) is 35.6 Å². The van der Waals surface area contributed by atoms with Crippen molar-refractivity contribution in [3.8, 4) is 22.8 Å². The molecule has 1 aromatic carbocycles. The van der Waals surface area contributed by atoms with Crippen molar-refractivity contribution in [1.29, 1.82) is 0 Å². The van der Waals surface area contributed by atoms with Crippen LogP contribution in [0, 0.1) is 5.82 Å². The number of fused-ring (bicyclic) bond motifs is 3. The minimum absolute atomic E-state index is 0.156. The van der Waals surface area contributed by atoms with Crippen LogP contribution >= 0.6 is 0 Å². The summed E-state index contributed by atoms with van der Waals surface area (Å²) in [6, 6.07) is 6.17. The molecule has 0 bridgehead atoms. The molecule has 2 heterocycles. The monoisotopic (exact) mass is 272 g/mol. The molecular formula is C13H9FN4O2. The van der Waals surface area contributed by atoms with E-state index in [1.54, 1.807) is 18.2 Å². The van der Waals surface area contributed by atoms with Crippen LogP contribution in [-0.4, -0.2) is 25.2 Å². The van der Waals surface area contributed by atoms with Crippen LogP contribution in [0.3, 0.4) is 0 Å². The first-order valence-corrected chi connectivity index (χ1v) is 6.13. The molecule has 0 fully saturated rings. The predicted molar refractivity (Wildman–Crippen MR) is 65.5 cm³/mol. The van der Waals surface area contributed by atoms with Crippen LogP contribution in [0.5, 0.6) is 0 Å². The van der Waals surface area contributed by atoms with Crippen molar-refractivity contribution in [2.75, 3.05) is 0 Å². The van der Waals surface area contributed by atoms with Gasteiger partial charge in [0, 0.05) is 6.42 Å². The fourth-order valence-corrected chi connectivity index (χ4v) is 2.47. The molecule has 1 aliphatic carbocycles. The van der Waals surface area contributed by atoms with Gasteiger partial charge in [-0.05, 0) is 23.7 Å².